The van der Waals surface area contributed by atoms with Crippen molar-refractivity contribution in [3.8, 4) is 5.75 Å². The number of halogens is 1. The number of benzene rings is 1. The van der Waals surface area contributed by atoms with Crippen LogP contribution >= 0.6 is 0 Å². The Morgan fingerprint density at radius 1 is 1.26 bits per heavy atom. The van der Waals surface area contributed by atoms with Gasteiger partial charge in [0.15, 0.2) is 5.69 Å². The Hall–Kier alpha value is -3.23. The van der Waals surface area contributed by atoms with E-state index in [1.54, 1.807) is 20.8 Å². The molecule has 1 heterocycles. The first-order valence-corrected chi connectivity index (χ1v) is 8.17. The minimum atomic E-state index is -0.826. The van der Waals surface area contributed by atoms with Crippen molar-refractivity contribution >= 4 is 11.8 Å². The lowest BCUT2D eigenvalue weighted by molar-refractivity contribution is 0.0932. The molecule has 144 valence electrons. The maximum Gasteiger partial charge on any atom is 0.293 e. The molecule has 27 heavy (non-hydrogen) atoms. The van der Waals surface area contributed by atoms with E-state index in [-0.39, 0.29) is 17.9 Å². The molecule has 0 radical (unpaired) electrons. The summed E-state index contributed by atoms with van der Waals surface area (Å²) < 4.78 is 13.4. The number of H-pyrrole nitrogens is 1. The molecular formula is C18H21FN4O4. The standard InChI is InChI=1S/C18H21FN4O4/c1-18(2,3)17-22-12(13(24)16(27)23-17)15(26)21-8-9-5-6-10(19)7-11(9)14(25)20-4/h5-7,24H,8H2,1-4H3,(H,20,25)(H,21,26)(H,22,23,27). The highest BCUT2D eigenvalue weighted by molar-refractivity contribution is 5.96. The van der Waals surface area contributed by atoms with Gasteiger partial charge in [0.25, 0.3) is 17.4 Å². The Morgan fingerprint density at radius 3 is 2.52 bits per heavy atom. The third-order valence-corrected chi connectivity index (χ3v) is 3.80. The summed E-state index contributed by atoms with van der Waals surface area (Å²) in [4.78, 5) is 42.7. The average Bonchev–Trinajstić information content (AvgIpc) is 2.60. The van der Waals surface area contributed by atoms with Crippen LogP contribution in [0.1, 0.15) is 53.0 Å². The van der Waals surface area contributed by atoms with Crippen molar-refractivity contribution in [1.82, 2.24) is 20.6 Å². The predicted molar refractivity (Wildman–Crippen MR) is 96.2 cm³/mol. The lowest BCUT2D eigenvalue weighted by atomic mass is 9.95. The van der Waals surface area contributed by atoms with E-state index in [1.165, 1.54) is 13.1 Å². The van der Waals surface area contributed by atoms with Crippen LogP contribution in [0.3, 0.4) is 0 Å². The van der Waals surface area contributed by atoms with Crippen LogP contribution in [0, 0.1) is 5.82 Å². The summed E-state index contributed by atoms with van der Waals surface area (Å²) in [5.41, 5.74) is -1.37. The van der Waals surface area contributed by atoms with Gasteiger partial charge in [0.1, 0.15) is 11.6 Å². The third kappa shape index (κ3) is 4.49. The van der Waals surface area contributed by atoms with Crippen molar-refractivity contribution in [2.24, 2.45) is 0 Å². The van der Waals surface area contributed by atoms with E-state index < -0.39 is 40.0 Å². The van der Waals surface area contributed by atoms with Gasteiger partial charge in [0.2, 0.25) is 5.75 Å². The van der Waals surface area contributed by atoms with E-state index in [0.29, 0.717) is 5.56 Å². The summed E-state index contributed by atoms with van der Waals surface area (Å²) in [5.74, 6) is -2.45. The van der Waals surface area contributed by atoms with Crippen LogP contribution in [0.4, 0.5) is 4.39 Å². The second kappa shape index (κ2) is 7.56. The van der Waals surface area contributed by atoms with Gasteiger partial charge >= 0.3 is 0 Å². The first-order valence-electron chi connectivity index (χ1n) is 8.17. The van der Waals surface area contributed by atoms with Gasteiger partial charge < -0.3 is 20.7 Å². The first kappa shape index (κ1) is 20.1. The van der Waals surface area contributed by atoms with Gasteiger partial charge in [-0.2, -0.15) is 0 Å². The number of aromatic hydroxyl groups is 1. The maximum absolute atomic E-state index is 13.4. The van der Waals surface area contributed by atoms with E-state index >= 15 is 0 Å². The lowest BCUT2D eigenvalue weighted by Crippen LogP contribution is -2.30. The number of carbonyl (C=O) groups excluding carboxylic acids is 2. The van der Waals surface area contributed by atoms with Crippen molar-refractivity contribution in [1.29, 1.82) is 0 Å². The SMILES string of the molecule is CNC(=O)c1cc(F)ccc1CNC(=O)c1nc(C(C)(C)C)[nH]c(=O)c1O. The Morgan fingerprint density at radius 2 is 1.93 bits per heavy atom. The Kier molecular flexibility index (Phi) is 5.63. The summed E-state index contributed by atoms with van der Waals surface area (Å²) in [6, 6.07) is 3.58. The van der Waals surface area contributed by atoms with Gasteiger partial charge in [-0.1, -0.05) is 26.8 Å². The lowest BCUT2D eigenvalue weighted by Gasteiger charge is -2.18. The van der Waals surface area contributed by atoms with Crippen LogP contribution < -0.4 is 16.2 Å². The summed E-state index contributed by atoms with van der Waals surface area (Å²) in [7, 11) is 1.40. The fourth-order valence-electron chi connectivity index (χ4n) is 2.29. The zero-order valence-corrected chi connectivity index (χ0v) is 15.4. The topological polar surface area (TPSA) is 124 Å². The number of aromatic nitrogens is 2. The molecule has 2 rings (SSSR count). The molecule has 0 aliphatic rings. The minimum Gasteiger partial charge on any atom is -0.501 e. The van der Waals surface area contributed by atoms with Crippen LogP contribution in [0.2, 0.25) is 0 Å². The van der Waals surface area contributed by atoms with Crippen LogP contribution in [0.25, 0.3) is 0 Å². The fourth-order valence-corrected chi connectivity index (χ4v) is 2.29. The largest absolute Gasteiger partial charge is 0.501 e. The highest BCUT2D eigenvalue weighted by atomic mass is 19.1. The molecule has 8 nitrogen and oxygen atoms in total. The Bertz CT molecular complexity index is 947. The number of nitrogens with one attached hydrogen (secondary N) is 3. The van der Waals surface area contributed by atoms with Gasteiger partial charge in [0, 0.05) is 24.6 Å². The van der Waals surface area contributed by atoms with Crippen molar-refractivity contribution in [2.45, 2.75) is 32.7 Å². The molecule has 2 aromatic rings. The third-order valence-electron chi connectivity index (χ3n) is 3.80. The monoisotopic (exact) mass is 376 g/mol. The molecular weight excluding hydrogens is 355 g/mol. The molecule has 4 N–H and O–H groups in total. The van der Waals surface area contributed by atoms with E-state index in [0.717, 1.165) is 12.1 Å². The maximum atomic E-state index is 13.4. The van der Waals surface area contributed by atoms with Gasteiger partial charge in [0.05, 0.1) is 0 Å². The number of aromatic amines is 1. The molecule has 0 saturated carbocycles. The van der Waals surface area contributed by atoms with Crippen LogP contribution in [0.5, 0.6) is 5.75 Å². The second-order valence-electron chi connectivity index (χ2n) is 6.93. The van der Waals surface area contributed by atoms with Crippen molar-refractivity contribution in [2.75, 3.05) is 7.05 Å². The molecule has 2 amide bonds. The van der Waals surface area contributed by atoms with Gasteiger partial charge in [-0.3, -0.25) is 14.4 Å². The number of rotatable bonds is 4. The van der Waals surface area contributed by atoms with Gasteiger partial charge in [-0.25, -0.2) is 9.37 Å². The molecule has 0 aliphatic carbocycles. The number of hydrogen-bond acceptors (Lipinski definition) is 5. The molecule has 0 fully saturated rings. The number of amides is 2. The molecule has 1 aromatic heterocycles. The first-order chi connectivity index (χ1) is 12.5. The second-order valence-corrected chi connectivity index (χ2v) is 6.93. The van der Waals surface area contributed by atoms with Gasteiger partial charge in [-0.05, 0) is 17.7 Å². The molecule has 1 aromatic carbocycles. The summed E-state index contributed by atoms with van der Waals surface area (Å²) in [5, 5.41) is 14.8. The fraction of sp³-hybridized carbons (Fsp3) is 0.333. The zero-order valence-electron chi connectivity index (χ0n) is 15.4. The molecule has 0 spiro atoms. The normalized spacial score (nSPS) is 11.1. The molecule has 0 bridgehead atoms. The quantitative estimate of drug-likeness (QED) is 0.638. The average molecular weight is 376 g/mol. The highest BCUT2D eigenvalue weighted by Crippen LogP contribution is 2.19. The zero-order chi connectivity index (χ0) is 20.4. The number of carbonyl (C=O) groups is 2. The summed E-state index contributed by atoms with van der Waals surface area (Å²) in [6.45, 7) is 5.25. The Balaban J connectivity index is 2.31. The molecule has 0 saturated heterocycles. The predicted octanol–water partition coefficient (Wildman–Crippen LogP) is 1.20. The van der Waals surface area contributed by atoms with Crippen LogP contribution in [0.15, 0.2) is 23.0 Å². The van der Waals surface area contributed by atoms with Crippen molar-refractivity contribution in [3.63, 3.8) is 0 Å². The number of hydrogen-bond donors (Lipinski definition) is 4. The van der Waals surface area contributed by atoms with Crippen LogP contribution in [-0.4, -0.2) is 33.9 Å². The number of nitrogens with zero attached hydrogens (tertiary/aromatic N) is 1. The molecule has 0 unspecified atom stereocenters. The Labute approximate surface area is 154 Å². The van der Waals surface area contributed by atoms with E-state index in [9.17, 15) is 23.9 Å². The van der Waals surface area contributed by atoms with Crippen LogP contribution in [-0.2, 0) is 12.0 Å². The van der Waals surface area contributed by atoms with E-state index in [2.05, 4.69) is 20.6 Å². The van der Waals surface area contributed by atoms with E-state index in [4.69, 9.17) is 0 Å². The molecule has 0 atom stereocenters. The summed E-state index contributed by atoms with van der Waals surface area (Å²) in [6.07, 6.45) is 0. The molecule has 0 aliphatic heterocycles. The van der Waals surface area contributed by atoms with Crippen molar-refractivity contribution in [3.05, 3.63) is 57.0 Å². The minimum absolute atomic E-state index is 0.0660. The van der Waals surface area contributed by atoms with Crippen molar-refractivity contribution < 1.29 is 19.1 Å². The van der Waals surface area contributed by atoms with E-state index in [1.807, 2.05) is 0 Å². The highest BCUT2D eigenvalue weighted by Gasteiger charge is 2.24. The summed E-state index contributed by atoms with van der Waals surface area (Å²) >= 11 is 0. The smallest absolute Gasteiger partial charge is 0.293 e. The molecule has 9 heteroatoms. The van der Waals surface area contributed by atoms with Gasteiger partial charge in [-0.15, -0.1) is 0 Å².